The number of nitrogens with two attached hydrogens (primary N) is 1. The molecule has 0 saturated carbocycles. The number of carboxylic acids is 1. The lowest BCUT2D eigenvalue weighted by molar-refractivity contribution is -0.385. The Morgan fingerprint density at radius 3 is 2.69 bits per heavy atom. The minimum absolute atomic E-state index is 0.156. The zero-order valence-electron chi connectivity index (χ0n) is 8.71. The molecule has 1 atom stereocenters. The van der Waals surface area contributed by atoms with Gasteiger partial charge in [-0.25, -0.2) is 4.79 Å². The van der Waals surface area contributed by atoms with Gasteiger partial charge < -0.3 is 10.8 Å². The van der Waals surface area contributed by atoms with Gasteiger partial charge in [0, 0.05) is 12.1 Å². The minimum atomic E-state index is -1.58. The van der Waals surface area contributed by atoms with E-state index in [1.807, 2.05) is 0 Å². The SMILES string of the molecule is CCC(N)(C(=O)O)c1cccc([N+](=O)[O-])c1. The van der Waals surface area contributed by atoms with E-state index < -0.39 is 16.4 Å². The number of hydrogen-bond acceptors (Lipinski definition) is 4. The third-order valence-electron chi connectivity index (χ3n) is 2.51. The highest BCUT2D eigenvalue weighted by atomic mass is 16.6. The van der Waals surface area contributed by atoms with Crippen molar-refractivity contribution in [3.05, 3.63) is 39.9 Å². The summed E-state index contributed by atoms with van der Waals surface area (Å²) in [6.07, 6.45) is 0.156. The molecule has 0 aliphatic heterocycles. The van der Waals surface area contributed by atoms with Crippen molar-refractivity contribution in [2.45, 2.75) is 18.9 Å². The molecule has 16 heavy (non-hydrogen) atoms. The second-order valence-electron chi connectivity index (χ2n) is 3.44. The highest BCUT2D eigenvalue weighted by molar-refractivity contribution is 5.80. The fourth-order valence-corrected chi connectivity index (χ4v) is 1.38. The summed E-state index contributed by atoms with van der Waals surface area (Å²) in [6.45, 7) is 1.62. The number of benzene rings is 1. The van der Waals surface area contributed by atoms with E-state index in [1.165, 1.54) is 24.3 Å². The Kier molecular flexibility index (Phi) is 3.24. The number of nitro benzene ring substituents is 1. The number of nitrogens with zero attached hydrogens (tertiary/aromatic N) is 1. The van der Waals surface area contributed by atoms with E-state index in [4.69, 9.17) is 10.8 Å². The second kappa shape index (κ2) is 4.28. The Morgan fingerprint density at radius 2 is 2.25 bits per heavy atom. The van der Waals surface area contributed by atoms with Gasteiger partial charge in [0.05, 0.1) is 4.92 Å². The van der Waals surface area contributed by atoms with Crippen molar-refractivity contribution in [2.24, 2.45) is 5.73 Å². The third kappa shape index (κ3) is 2.01. The van der Waals surface area contributed by atoms with Crippen molar-refractivity contribution in [2.75, 3.05) is 0 Å². The number of nitro groups is 1. The largest absolute Gasteiger partial charge is 0.480 e. The van der Waals surface area contributed by atoms with Crippen LogP contribution < -0.4 is 5.73 Å². The van der Waals surface area contributed by atoms with E-state index in [-0.39, 0.29) is 17.7 Å². The minimum Gasteiger partial charge on any atom is -0.480 e. The number of carbonyl (C=O) groups is 1. The molecule has 86 valence electrons. The molecule has 1 rings (SSSR count). The fourth-order valence-electron chi connectivity index (χ4n) is 1.38. The Labute approximate surface area is 91.8 Å². The molecule has 1 aromatic carbocycles. The monoisotopic (exact) mass is 224 g/mol. The summed E-state index contributed by atoms with van der Waals surface area (Å²) in [7, 11) is 0. The van der Waals surface area contributed by atoms with Gasteiger partial charge in [0.15, 0.2) is 0 Å². The molecule has 1 unspecified atom stereocenters. The summed E-state index contributed by atoms with van der Waals surface area (Å²) in [5.74, 6) is -1.20. The number of non-ortho nitro benzene ring substituents is 1. The second-order valence-corrected chi connectivity index (χ2v) is 3.44. The van der Waals surface area contributed by atoms with Crippen molar-refractivity contribution >= 4 is 11.7 Å². The molecule has 0 aromatic heterocycles. The predicted molar refractivity (Wildman–Crippen MR) is 56.9 cm³/mol. The first-order valence-electron chi connectivity index (χ1n) is 4.69. The van der Waals surface area contributed by atoms with Crippen molar-refractivity contribution in [1.29, 1.82) is 0 Å². The Bertz CT molecular complexity index is 433. The standard InChI is InChI=1S/C10H12N2O4/c1-2-10(11,9(13)14)7-4-3-5-8(6-7)12(15)16/h3-6H,2,11H2,1H3,(H,13,14). The van der Waals surface area contributed by atoms with E-state index in [9.17, 15) is 14.9 Å². The van der Waals surface area contributed by atoms with Gasteiger partial charge in [0.25, 0.3) is 5.69 Å². The first-order chi connectivity index (χ1) is 7.41. The van der Waals surface area contributed by atoms with Crippen molar-refractivity contribution < 1.29 is 14.8 Å². The van der Waals surface area contributed by atoms with Gasteiger partial charge in [0.2, 0.25) is 0 Å². The van der Waals surface area contributed by atoms with Crippen LogP contribution in [0.1, 0.15) is 18.9 Å². The fraction of sp³-hybridized carbons (Fsp3) is 0.300. The normalized spacial score (nSPS) is 14.1. The van der Waals surface area contributed by atoms with E-state index in [1.54, 1.807) is 6.92 Å². The smallest absolute Gasteiger partial charge is 0.328 e. The van der Waals surface area contributed by atoms with Crippen LogP contribution in [0.25, 0.3) is 0 Å². The number of rotatable bonds is 4. The van der Waals surface area contributed by atoms with Crippen LogP contribution in [-0.2, 0) is 10.3 Å². The van der Waals surface area contributed by atoms with E-state index >= 15 is 0 Å². The molecule has 0 heterocycles. The molecule has 0 fully saturated rings. The van der Waals surface area contributed by atoms with Crippen LogP contribution >= 0.6 is 0 Å². The van der Waals surface area contributed by atoms with E-state index in [0.717, 1.165) is 0 Å². The molecule has 0 radical (unpaired) electrons. The first kappa shape index (κ1) is 12.1. The Balaban J connectivity index is 3.26. The zero-order valence-corrected chi connectivity index (χ0v) is 8.71. The number of hydrogen-bond donors (Lipinski definition) is 2. The van der Waals surface area contributed by atoms with Gasteiger partial charge in [-0.05, 0) is 12.0 Å². The molecular weight excluding hydrogens is 212 g/mol. The molecule has 6 nitrogen and oxygen atoms in total. The maximum Gasteiger partial charge on any atom is 0.328 e. The Morgan fingerprint density at radius 1 is 1.62 bits per heavy atom. The molecule has 0 bridgehead atoms. The van der Waals surface area contributed by atoms with E-state index in [2.05, 4.69) is 0 Å². The van der Waals surface area contributed by atoms with Crippen molar-refractivity contribution in [3.8, 4) is 0 Å². The third-order valence-corrected chi connectivity index (χ3v) is 2.51. The summed E-state index contributed by atoms with van der Waals surface area (Å²) in [5, 5.41) is 19.6. The zero-order chi connectivity index (χ0) is 12.3. The summed E-state index contributed by atoms with van der Waals surface area (Å²) in [5.41, 5.74) is 4.20. The molecule has 0 spiro atoms. The maximum atomic E-state index is 11.0. The first-order valence-corrected chi connectivity index (χ1v) is 4.69. The van der Waals surface area contributed by atoms with Gasteiger partial charge in [-0.2, -0.15) is 0 Å². The average Bonchev–Trinajstić information content (AvgIpc) is 2.27. The van der Waals surface area contributed by atoms with Gasteiger partial charge in [-0.1, -0.05) is 19.1 Å². The number of carboxylic acid groups (broad SMARTS) is 1. The molecule has 0 aliphatic carbocycles. The highest BCUT2D eigenvalue weighted by Crippen LogP contribution is 2.25. The van der Waals surface area contributed by atoms with Crippen molar-refractivity contribution in [1.82, 2.24) is 0 Å². The summed E-state index contributed by atoms with van der Waals surface area (Å²) in [4.78, 5) is 21.0. The predicted octanol–water partition coefficient (Wildman–Crippen LogP) is 1.24. The van der Waals surface area contributed by atoms with Crippen molar-refractivity contribution in [3.63, 3.8) is 0 Å². The van der Waals surface area contributed by atoms with Crippen LogP contribution in [0.2, 0.25) is 0 Å². The van der Waals surface area contributed by atoms with Crippen LogP contribution in [0.5, 0.6) is 0 Å². The lowest BCUT2D eigenvalue weighted by atomic mass is 9.88. The highest BCUT2D eigenvalue weighted by Gasteiger charge is 2.34. The molecule has 0 saturated heterocycles. The Hall–Kier alpha value is -1.95. The molecule has 6 heteroatoms. The molecule has 1 aromatic rings. The topological polar surface area (TPSA) is 106 Å². The molecule has 0 amide bonds. The summed E-state index contributed by atoms with van der Waals surface area (Å²) < 4.78 is 0. The van der Waals surface area contributed by atoms with Gasteiger partial charge in [-0.3, -0.25) is 10.1 Å². The van der Waals surface area contributed by atoms with Crippen LogP contribution in [0.15, 0.2) is 24.3 Å². The molecule has 0 aliphatic rings. The lowest BCUT2D eigenvalue weighted by Gasteiger charge is -2.23. The summed E-state index contributed by atoms with van der Waals surface area (Å²) >= 11 is 0. The lowest BCUT2D eigenvalue weighted by Crippen LogP contribution is -2.44. The quantitative estimate of drug-likeness (QED) is 0.591. The molecular formula is C10H12N2O4. The van der Waals surface area contributed by atoms with Crippen LogP contribution in [0.4, 0.5) is 5.69 Å². The van der Waals surface area contributed by atoms with E-state index in [0.29, 0.717) is 0 Å². The van der Waals surface area contributed by atoms with Crippen LogP contribution in [0.3, 0.4) is 0 Å². The summed E-state index contributed by atoms with van der Waals surface area (Å²) in [6, 6.07) is 5.39. The van der Waals surface area contributed by atoms with Gasteiger partial charge in [0.1, 0.15) is 5.54 Å². The van der Waals surface area contributed by atoms with Crippen LogP contribution in [-0.4, -0.2) is 16.0 Å². The van der Waals surface area contributed by atoms with Crippen LogP contribution in [0, 0.1) is 10.1 Å². The van der Waals surface area contributed by atoms with Gasteiger partial charge in [-0.15, -0.1) is 0 Å². The molecule has 3 N–H and O–H groups in total. The maximum absolute atomic E-state index is 11.0. The average molecular weight is 224 g/mol. The number of aliphatic carboxylic acids is 1. The van der Waals surface area contributed by atoms with Gasteiger partial charge >= 0.3 is 5.97 Å².